The second-order valence-corrected chi connectivity index (χ2v) is 3.70. The van der Waals surface area contributed by atoms with Crippen LogP contribution in [0, 0.1) is 11.3 Å². The monoisotopic (exact) mass is 141 g/mol. The van der Waals surface area contributed by atoms with Crippen LogP contribution in [-0.4, -0.2) is 6.61 Å². The molecule has 0 saturated heterocycles. The molecule has 1 heteroatoms. The highest BCUT2D eigenvalue weighted by atomic mass is 16.3. The van der Waals surface area contributed by atoms with Crippen molar-refractivity contribution in [2.24, 2.45) is 11.3 Å². The average molecular weight is 141 g/mol. The molecule has 0 rings (SSSR count). The fraction of sp³-hybridized carbons (Fsp3) is 0.778. The van der Waals surface area contributed by atoms with E-state index in [1.807, 2.05) is 6.08 Å². The van der Waals surface area contributed by atoms with Gasteiger partial charge in [-0.25, -0.2) is 5.11 Å². The van der Waals surface area contributed by atoms with Crippen LogP contribution in [-0.2, 0) is 5.11 Å². The van der Waals surface area contributed by atoms with E-state index in [1.54, 1.807) is 0 Å². The molecular weight excluding hydrogens is 124 g/mol. The first-order chi connectivity index (χ1) is 4.52. The van der Waals surface area contributed by atoms with E-state index in [4.69, 9.17) is 0 Å². The first kappa shape index (κ1) is 9.70. The molecule has 0 aliphatic rings. The van der Waals surface area contributed by atoms with Crippen LogP contribution in [0.25, 0.3) is 0 Å². The van der Waals surface area contributed by atoms with Crippen LogP contribution in [0.15, 0.2) is 12.7 Å². The van der Waals surface area contributed by atoms with Gasteiger partial charge in [0.2, 0.25) is 0 Å². The van der Waals surface area contributed by atoms with E-state index < -0.39 is 0 Å². The zero-order valence-corrected chi connectivity index (χ0v) is 7.18. The van der Waals surface area contributed by atoms with Crippen LogP contribution in [0.4, 0.5) is 0 Å². The maximum absolute atomic E-state index is 10.3. The minimum absolute atomic E-state index is 0.00789. The molecule has 0 bridgehead atoms. The first-order valence-corrected chi connectivity index (χ1v) is 3.73. The number of hydrogen-bond donors (Lipinski definition) is 0. The van der Waals surface area contributed by atoms with E-state index in [1.165, 1.54) is 0 Å². The Morgan fingerprint density at radius 2 is 2.00 bits per heavy atom. The summed E-state index contributed by atoms with van der Waals surface area (Å²) in [6.45, 7) is 10.1. The molecule has 0 aromatic rings. The summed E-state index contributed by atoms with van der Waals surface area (Å²) in [6, 6.07) is 0. The van der Waals surface area contributed by atoms with Gasteiger partial charge < -0.3 is 0 Å². The van der Waals surface area contributed by atoms with Gasteiger partial charge in [-0.2, -0.15) is 0 Å². The quantitative estimate of drug-likeness (QED) is 0.538. The zero-order valence-electron chi connectivity index (χ0n) is 7.18. The molecule has 0 amide bonds. The van der Waals surface area contributed by atoms with Gasteiger partial charge in [-0.05, 0) is 17.8 Å². The van der Waals surface area contributed by atoms with Crippen LogP contribution in [0.5, 0.6) is 0 Å². The lowest BCUT2D eigenvalue weighted by atomic mass is 9.79. The van der Waals surface area contributed by atoms with Gasteiger partial charge >= 0.3 is 0 Å². The molecule has 0 saturated carbocycles. The Bertz CT molecular complexity index is 99.8. The summed E-state index contributed by atoms with van der Waals surface area (Å²) in [7, 11) is 0. The Hall–Kier alpha value is -0.300. The van der Waals surface area contributed by atoms with Gasteiger partial charge in [0.05, 0.1) is 6.61 Å². The van der Waals surface area contributed by atoms with E-state index in [2.05, 4.69) is 27.4 Å². The minimum Gasteiger partial charge on any atom is -0.237 e. The van der Waals surface area contributed by atoms with Crippen LogP contribution in [0.3, 0.4) is 0 Å². The predicted molar refractivity (Wildman–Crippen MR) is 43.3 cm³/mol. The van der Waals surface area contributed by atoms with Crippen molar-refractivity contribution >= 4 is 0 Å². The van der Waals surface area contributed by atoms with E-state index in [9.17, 15) is 5.11 Å². The molecular formula is C9H17O. The molecule has 1 nitrogen and oxygen atoms in total. The molecule has 0 heterocycles. The van der Waals surface area contributed by atoms with E-state index in [0.717, 1.165) is 0 Å². The molecule has 1 unspecified atom stereocenters. The third-order valence-electron chi connectivity index (χ3n) is 1.83. The SMILES string of the molecule is C=CC(CC[O])C(C)(C)C. The summed E-state index contributed by atoms with van der Waals surface area (Å²) < 4.78 is 0. The molecule has 0 aromatic carbocycles. The molecule has 0 aliphatic carbocycles. The van der Waals surface area contributed by atoms with Crippen molar-refractivity contribution in [3.63, 3.8) is 0 Å². The lowest BCUT2D eigenvalue weighted by Crippen LogP contribution is -2.18. The Balaban J connectivity index is 3.93. The Kier molecular flexibility index (Phi) is 3.66. The van der Waals surface area contributed by atoms with E-state index in [0.29, 0.717) is 12.3 Å². The standard InChI is InChI=1S/C9H17O/c1-5-8(6-7-10)9(2,3)4/h5,8H,1,6-7H2,2-4H3. The van der Waals surface area contributed by atoms with Crippen molar-refractivity contribution in [1.29, 1.82) is 0 Å². The molecule has 1 radical (unpaired) electrons. The predicted octanol–water partition coefficient (Wildman–Crippen LogP) is 2.66. The van der Waals surface area contributed by atoms with E-state index in [-0.39, 0.29) is 12.0 Å². The smallest absolute Gasteiger partial charge is 0.0828 e. The number of hydrogen-bond acceptors (Lipinski definition) is 0. The lowest BCUT2D eigenvalue weighted by Gasteiger charge is -2.26. The molecule has 59 valence electrons. The van der Waals surface area contributed by atoms with Crippen LogP contribution >= 0.6 is 0 Å². The van der Waals surface area contributed by atoms with Gasteiger partial charge in [0.15, 0.2) is 0 Å². The second kappa shape index (κ2) is 3.77. The lowest BCUT2D eigenvalue weighted by molar-refractivity contribution is 0.149. The summed E-state index contributed by atoms with van der Waals surface area (Å²) >= 11 is 0. The highest BCUT2D eigenvalue weighted by molar-refractivity contribution is 4.87. The topological polar surface area (TPSA) is 19.9 Å². The van der Waals surface area contributed by atoms with Gasteiger partial charge in [-0.15, -0.1) is 6.58 Å². The van der Waals surface area contributed by atoms with Crippen molar-refractivity contribution in [2.75, 3.05) is 6.61 Å². The summed E-state index contributed by atoms with van der Waals surface area (Å²) in [6.07, 6.45) is 2.60. The summed E-state index contributed by atoms with van der Waals surface area (Å²) in [5.41, 5.74) is 0.201. The minimum atomic E-state index is 0.00789. The Morgan fingerprint density at radius 3 is 2.10 bits per heavy atom. The van der Waals surface area contributed by atoms with Crippen LogP contribution in [0.2, 0.25) is 0 Å². The van der Waals surface area contributed by atoms with Crippen molar-refractivity contribution in [1.82, 2.24) is 0 Å². The van der Waals surface area contributed by atoms with Gasteiger partial charge in [-0.3, -0.25) is 0 Å². The highest BCUT2D eigenvalue weighted by Gasteiger charge is 2.20. The zero-order chi connectivity index (χ0) is 8.20. The summed E-state index contributed by atoms with van der Waals surface area (Å²) in [4.78, 5) is 0. The third-order valence-corrected chi connectivity index (χ3v) is 1.83. The molecule has 10 heavy (non-hydrogen) atoms. The second-order valence-electron chi connectivity index (χ2n) is 3.70. The molecule has 0 fully saturated rings. The largest absolute Gasteiger partial charge is 0.237 e. The van der Waals surface area contributed by atoms with E-state index >= 15 is 0 Å². The van der Waals surface area contributed by atoms with Crippen molar-refractivity contribution in [2.45, 2.75) is 27.2 Å². The number of allylic oxidation sites excluding steroid dienone is 1. The van der Waals surface area contributed by atoms with Crippen LogP contribution < -0.4 is 0 Å². The van der Waals surface area contributed by atoms with Gasteiger partial charge in [0.25, 0.3) is 0 Å². The molecule has 1 atom stereocenters. The molecule has 0 aliphatic heterocycles. The molecule has 0 aromatic heterocycles. The summed E-state index contributed by atoms with van der Waals surface area (Å²) in [5, 5.41) is 10.3. The molecule has 0 N–H and O–H groups in total. The van der Waals surface area contributed by atoms with Crippen molar-refractivity contribution in [3.05, 3.63) is 12.7 Å². The van der Waals surface area contributed by atoms with Crippen LogP contribution in [0.1, 0.15) is 27.2 Å². The average Bonchev–Trinajstić information content (AvgIpc) is 1.80. The Labute approximate surface area is 63.8 Å². The van der Waals surface area contributed by atoms with Crippen molar-refractivity contribution < 1.29 is 5.11 Å². The Morgan fingerprint density at radius 1 is 1.50 bits per heavy atom. The maximum atomic E-state index is 10.3. The van der Waals surface area contributed by atoms with Gasteiger partial charge in [0, 0.05) is 0 Å². The fourth-order valence-corrected chi connectivity index (χ4v) is 1.03. The highest BCUT2D eigenvalue weighted by Crippen LogP contribution is 2.28. The van der Waals surface area contributed by atoms with Gasteiger partial charge in [0.1, 0.15) is 0 Å². The first-order valence-electron chi connectivity index (χ1n) is 3.73. The fourth-order valence-electron chi connectivity index (χ4n) is 1.03. The maximum Gasteiger partial charge on any atom is 0.0828 e. The third kappa shape index (κ3) is 3.02. The normalized spacial score (nSPS) is 14.8. The number of rotatable bonds is 3. The summed E-state index contributed by atoms with van der Waals surface area (Å²) in [5.74, 6) is 0.366. The molecule has 0 spiro atoms. The van der Waals surface area contributed by atoms with Gasteiger partial charge in [-0.1, -0.05) is 26.8 Å². The van der Waals surface area contributed by atoms with Crippen molar-refractivity contribution in [3.8, 4) is 0 Å².